The lowest BCUT2D eigenvalue weighted by atomic mass is 9.99. The van der Waals surface area contributed by atoms with E-state index >= 15 is 0 Å². The lowest BCUT2D eigenvalue weighted by molar-refractivity contribution is -0.142. The van der Waals surface area contributed by atoms with E-state index in [2.05, 4.69) is 0 Å². The van der Waals surface area contributed by atoms with Crippen molar-refractivity contribution in [3.63, 3.8) is 0 Å². The molecule has 1 fully saturated rings. The second kappa shape index (κ2) is 5.25. The quantitative estimate of drug-likeness (QED) is 0.917. The highest BCUT2D eigenvalue weighted by Crippen LogP contribution is 2.31. The Labute approximate surface area is 110 Å². The molecular formula is C14H17F2NO2. The number of carbonyl (C=O) groups is 1. The minimum Gasteiger partial charge on any atom is -0.481 e. The van der Waals surface area contributed by atoms with Crippen molar-refractivity contribution in [3.8, 4) is 0 Å². The van der Waals surface area contributed by atoms with Gasteiger partial charge in [0.1, 0.15) is 11.6 Å². The number of halogens is 2. The summed E-state index contributed by atoms with van der Waals surface area (Å²) in [5.74, 6) is -2.40. The Balaban J connectivity index is 2.16. The predicted molar refractivity (Wildman–Crippen MR) is 66.6 cm³/mol. The fourth-order valence-corrected chi connectivity index (χ4v) is 2.67. The number of hydrogen-bond acceptors (Lipinski definition) is 2. The Kier molecular flexibility index (Phi) is 3.85. The molecule has 1 aromatic carbocycles. The molecule has 0 spiro atoms. The third kappa shape index (κ3) is 2.92. The molecule has 1 heterocycles. The molecule has 1 aliphatic rings. The van der Waals surface area contributed by atoms with Crippen LogP contribution in [0.5, 0.6) is 0 Å². The van der Waals surface area contributed by atoms with Gasteiger partial charge in [-0.1, -0.05) is 6.92 Å². The zero-order chi connectivity index (χ0) is 14.2. The van der Waals surface area contributed by atoms with Crippen LogP contribution in [0.25, 0.3) is 0 Å². The number of hydrogen-bond donors (Lipinski definition) is 1. The molecule has 1 saturated heterocycles. The molecule has 2 rings (SSSR count). The van der Waals surface area contributed by atoms with Gasteiger partial charge >= 0.3 is 5.97 Å². The summed E-state index contributed by atoms with van der Waals surface area (Å²) in [6.45, 7) is 4.76. The number of benzene rings is 1. The van der Waals surface area contributed by atoms with Crippen LogP contribution in [0.1, 0.15) is 25.5 Å². The van der Waals surface area contributed by atoms with Crippen LogP contribution in [0.2, 0.25) is 0 Å². The van der Waals surface area contributed by atoms with E-state index in [1.807, 2.05) is 18.7 Å². The number of rotatable bonds is 3. The monoisotopic (exact) mass is 269 g/mol. The van der Waals surface area contributed by atoms with Crippen molar-refractivity contribution in [3.05, 3.63) is 35.4 Å². The number of likely N-dealkylation sites (tertiary alicyclic amines) is 1. The van der Waals surface area contributed by atoms with Gasteiger partial charge in [0.05, 0.1) is 5.92 Å². The van der Waals surface area contributed by atoms with Gasteiger partial charge in [0.15, 0.2) is 0 Å². The van der Waals surface area contributed by atoms with Crippen LogP contribution in [0.3, 0.4) is 0 Å². The molecule has 0 aromatic heterocycles. The molecular weight excluding hydrogens is 252 g/mol. The first kappa shape index (κ1) is 13.9. The Morgan fingerprint density at radius 1 is 1.32 bits per heavy atom. The number of aliphatic carboxylic acids is 1. The molecule has 3 unspecified atom stereocenters. The van der Waals surface area contributed by atoms with Gasteiger partial charge in [0.25, 0.3) is 0 Å². The molecule has 1 aromatic rings. The molecule has 0 aliphatic carbocycles. The lowest BCUT2D eigenvalue weighted by Gasteiger charge is -2.24. The van der Waals surface area contributed by atoms with Gasteiger partial charge in [-0.3, -0.25) is 9.69 Å². The molecule has 1 N–H and O–H groups in total. The van der Waals surface area contributed by atoms with E-state index in [1.165, 1.54) is 12.1 Å². The summed E-state index contributed by atoms with van der Waals surface area (Å²) in [5, 5.41) is 9.10. The lowest BCUT2D eigenvalue weighted by Crippen LogP contribution is -2.26. The van der Waals surface area contributed by atoms with E-state index in [1.54, 1.807) is 0 Å². The van der Waals surface area contributed by atoms with E-state index < -0.39 is 23.5 Å². The Morgan fingerprint density at radius 3 is 2.37 bits per heavy atom. The smallest absolute Gasteiger partial charge is 0.308 e. The maximum Gasteiger partial charge on any atom is 0.308 e. The molecule has 3 nitrogen and oxygen atoms in total. The van der Waals surface area contributed by atoms with Crippen molar-refractivity contribution in [2.24, 2.45) is 11.8 Å². The van der Waals surface area contributed by atoms with Crippen LogP contribution in [-0.2, 0) is 4.79 Å². The zero-order valence-corrected chi connectivity index (χ0v) is 10.9. The normalized spacial score (nSPS) is 25.5. The zero-order valence-electron chi connectivity index (χ0n) is 10.9. The molecule has 0 saturated carbocycles. The summed E-state index contributed by atoms with van der Waals surface area (Å²) in [6.07, 6.45) is 0. The van der Waals surface area contributed by atoms with Gasteiger partial charge in [-0.15, -0.1) is 0 Å². The standard InChI is InChI=1S/C14H17F2NO2/c1-8-6-17(7-13(8)14(18)19)9(2)10-3-11(15)5-12(16)4-10/h3-5,8-9,13H,6-7H2,1-2H3,(H,18,19). The summed E-state index contributed by atoms with van der Waals surface area (Å²) in [6, 6.07) is 3.24. The first-order valence-electron chi connectivity index (χ1n) is 6.31. The minimum absolute atomic E-state index is 0.0401. The fourth-order valence-electron chi connectivity index (χ4n) is 2.67. The van der Waals surface area contributed by atoms with E-state index in [0.717, 1.165) is 6.07 Å². The summed E-state index contributed by atoms with van der Waals surface area (Å²) in [7, 11) is 0. The first-order chi connectivity index (χ1) is 8.88. The highest BCUT2D eigenvalue weighted by atomic mass is 19.1. The number of carboxylic acid groups (broad SMARTS) is 1. The Morgan fingerprint density at radius 2 is 1.89 bits per heavy atom. The van der Waals surface area contributed by atoms with Crippen molar-refractivity contribution >= 4 is 5.97 Å². The van der Waals surface area contributed by atoms with Crippen LogP contribution in [0.4, 0.5) is 8.78 Å². The molecule has 1 aliphatic heterocycles. The van der Waals surface area contributed by atoms with E-state index in [0.29, 0.717) is 18.7 Å². The van der Waals surface area contributed by atoms with Crippen molar-refractivity contribution in [1.29, 1.82) is 0 Å². The predicted octanol–water partition coefficient (Wildman–Crippen LogP) is 2.68. The van der Waals surface area contributed by atoms with Crippen LogP contribution in [-0.4, -0.2) is 29.1 Å². The summed E-state index contributed by atoms with van der Waals surface area (Å²) < 4.78 is 26.4. The molecule has 5 heteroatoms. The fraction of sp³-hybridized carbons (Fsp3) is 0.500. The van der Waals surface area contributed by atoms with Crippen molar-refractivity contribution in [2.45, 2.75) is 19.9 Å². The summed E-state index contributed by atoms with van der Waals surface area (Å²) >= 11 is 0. The van der Waals surface area contributed by atoms with Crippen LogP contribution in [0.15, 0.2) is 18.2 Å². The Hall–Kier alpha value is -1.49. The maximum absolute atomic E-state index is 13.2. The van der Waals surface area contributed by atoms with E-state index in [4.69, 9.17) is 5.11 Å². The molecule has 0 radical (unpaired) electrons. The highest BCUT2D eigenvalue weighted by molar-refractivity contribution is 5.71. The van der Waals surface area contributed by atoms with Crippen molar-refractivity contribution < 1.29 is 18.7 Å². The van der Waals surface area contributed by atoms with Crippen LogP contribution < -0.4 is 0 Å². The molecule has 0 bridgehead atoms. The third-order valence-electron chi connectivity index (χ3n) is 3.87. The average molecular weight is 269 g/mol. The summed E-state index contributed by atoms with van der Waals surface area (Å²) in [5.41, 5.74) is 0.538. The SMILES string of the molecule is CC1CN(C(C)c2cc(F)cc(F)c2)CC1C(=O)O. The molecule has 104 valence electrons. The number of carboxylic acids is 1. The Bertz CT molecular complexity index is 472. The van der Waals surface area contributed by atoms with Gasteiger partial charge in [0, 0.05) is 25.2 Å². The van der Waals surface area contributed by atoms with Crippen molar-refractivity contribution in [2.75, 3.05) is 13.1 Å². The second-order valence-corrected chi connectivity index (χ2v) is 5.25. The van der Waals surface area contributed by atoms with E-state index in [-0.39, 0.29) is 12.0 Å². The van der Waals surface area contributed by atoms with E-state index in [9.17, 15) is 13.6 Å². The minimum atomic E-state index is -0.812. The third-order valence-corrected chi connectivity index (χ3v) is 3.87. The average Bonchev–Trinajstić information content (AvgIpc) is 2.69. The molecule has 19 heavy (non-hydrogen) atoms. The van der Waals surface area contributed by atoms with Gasteiger partial charge in [0.2, 0.25) is 0 Å². The topological polar surface area (TPSA) is 40.5 Å². The van der Waals surface area contributed by atoms with Crippen LogP contribution in [0, 0.1) is 23.5 Å². The van der Waals surface area contributed by atoms with Gasteiger partial charge in [-0.05, 0) is 30.5 Å². The molecule has 3 atom stereocenters. The summed E-state index contributed by atoms with van der Waals surface area (Å²) in [4.78, 5) is 13.0. The highest BCUT2D eigenvalue weighted by Gasteiger charge is 2.36. The van der Waals surface area contributed by atoms with Crippen LogP contribution >= 0.6 is 0 Å². The second-order valence-electron chi connectivity index (χ2n) is 5.25. The first-order valence-corrected chi connectivity index (χ1v) is 6.31. The molecule has 0 amide bonds. The van der Waals surface area contributed by atoms with Gasteiger partial charge in [-0.2, -0.15) is 0 Å². The number of nitrogens with zero attached hydrogens (tertiary/aromatic N) is 1. The maximum atomic E-state index is 13.2. The van der Waals surface area contributed by atoms with Gasteiger partial charge < -0.3 is 5.11 Å². The van der Waals surface area contributed by atoms with Gasteiger partial charge in [-0.25, -0.2) is 8.78 Å². The van der Waals surface area contributed by atoms with Crippen molar-refractivity contribution in [1.82, 2.24) is 4.90 Å². The largest absolute Gasteiger partial charge is 0.481 e.